The molecule has 5 aliphatic rings. The van der Waals surface area contributed by atoms with Crippen LogP contribution in [0.4, 0.5) is 26.0 Å². The van der Waals surface area contributed by atoms with Crippen LogP contribution in [0.5, 0.6) is 0 Å². The Labute approximate surface area is 420 Å². The lowest BCUT2D eigenvalue weighted by molar-refractivity contribution is -0.136. The second-order valence-electron chi connectivity index (χ2n) is 19.7. The zero-order valence-corrected chi connectivity index (χ0v) is 40.3. The number of likely N-dealkylation sites (tertiary alicyclic amines) is 2. The number of hydrogen-bond acceptors (Lipinski definition) is 14. The van der Waals surface area contributed by atoms with Crippen molar-refractivity contribution in [3.8, 4) is 11.3 Å². The number of nitrogens with one attached hydrogen (secondary N) is 2. The van der Waals surface area contributed by atoms with Crippen molar-refractivity contribution in [2.45, 2.75) is 76.0 Å². The van der Waals surface area contributed by atoms with E-state index in [0.717, 1.165) is 95.2 Å². The molecule has 0 spiro atoms. The summed E-state index contributed by atoms with van der Waals surface area (Å²) in [4.78, 5) is 94.3. The number of nitrogens with two attached hydrogens (primary N) is 1. The molecule has 380 valence electrons. The van der Waals surface area contributed by atoms with Crippen molar-refractivity contribution in [3.05, 3.63) is 119 Å². The molecule has 5 amide bonds. The summed E-state index contributed by atoms with van der Waals surface area (Å²) in [5.41, 5.74) is 7.98. The Balaban J connectivity index is 0.655. The average Bonchev–Trinajstić information content (AvgIpc) is 3.98. The molecular weight excluding hydrogens is 941 g/mol. The van der Waals surface area contributed by atoms with E-state index in [0.29, 0.717) is 47.4 Å². The van der Waals surface area contributed by atoms with Gasteiger partial charge >= 0.3 is 5.97 Å². The van der Waals surface area contributed by atoms with E-state index in [2.05, 4.69) is 35.5 Å². The van der Waals surface area contributed by atoms with E-state index < -0.39 is 59.3 Å². The maximum Gasteiger partial charge on any atom is 0.361 e. The number of nitrogens with zero attached hydrogens (tertiary/aromatic N) is 8. The van der Waals surface area contributed by atoms with Crippen LogP contribution in [0.3, 0.4) is 0 Å². The molecule has 18 nitrogen and oxygen atoms in total. The Kier molecular flexibility index (Phi) is 14.4. The van der Waals surface area contributed by atoms with E-state index in [1.807, 2.05) is 15.8 Å². The number of piperidine rings is 4. The van der Waals surface area contributed by atoms with Gasteiger partial charge < -0.3 is 30.5 Å². The minimum atomic E-state index is -1.36. The first-order valence-corrected chi connectivity index (χ1v) is 25.1. The zero-order valence-electron chi connectivity index (χ0n) is 40.3. The van der Waals surface area contributed by atoms with Crippen LogP contribution in [0.2, 0.25) is 0 Å². The first kappa shape index (κ1) is 49.1. The number of halogens is 2. The van der Waals surface area contributed by atoms with E-state index >= 15 is 4.39 Å². The number of fused-ring (bicyclic) bond motifs is 1. The number of aromatic nitrogens is 4. The second-order valence-corrected chi connectivity index (χ2v) is 19.7. The third-order valence-electron chi connectivity index (χ3n) is 15.0. The first-order chi connectivity index (χ1) is 35.3. The number of hydrogen-bond donors (Lipinski definition) is 3. The molecule has 3 aromatic carbocycles. The highest BCUT2D eigenvalue weighted by atomic mass is 19.1. The molecule has 7 heterocycles. The van der Waals surface area contributed by atoms with Gasteiger partial charge in [-0.15, -0.1) is 0 Å². The number of carbonyl (C=O) groups is 6. The fraction of sp³-hybridized carbons (Fsp3) is 0.415. The minimum absolute atomic E-state index is 0.0166. The van der Waals surface area contributed by atoms with E-state index in [1.54, 1.807) is 36.5 Å². The van der Waals surface area contributed by atoms with Gasteiger partial charge in [0.05, 0.1) is 40.9 Å². The van der Waals surface area contributed by atoms with Crippen LogP contribution in [0.1, 0.15) is 107 Å². The standard InChI is InChI=1S/C53H57F2N11O7/c54-36-6-8-37(9-7-36)59-50(69)47(34-4-2-1-3-5-34)73-53(72)46-48(56)57-29-42(60-46)35-28-58-65(31-35)38-17-22-62(23-18-38)19-12-32-13-20-63(21-14-32)30-33-15-24-64(25-16-33)44-27-40-39(26-41(44)55)51(70)66(52(40)71)43-10-11-45(67)61-49(43)68/h1-9,26-29,31-33,38,43,47H,10-25,30H2,(H2,56,57)(H,59,69)(H,61,67,68)/t43?,47-/m1/s1. The Hall–Kier alpha value is -7.45. The van der Waals surface area contributed by atoms with Crippen LogP contribution in [0, 0.1) is 23.5 Å². The molecule has 5 aliphatic heterocycles. The SMILES string of the molecule is Nc1ncc(-c2cnn(C3CCN(CCC4CCN(CC5CCN(c6cc7c(cc6F)C(=O)N(C6CCC(=O)NC6=O)C7=O)CC5)CC4)CC3)c2)nc1C(=O)O[C@@H](C(=O)Nc1ccc(F)cc1)c1ccccc1. The molecule has 10 rings (SSSR count). The lowest BCUT2D eigenvalue weighted by atomic mass is 9.90. The quantitative estimate of drug-likeness (QED) is 0.0886. The van der Waals surface area contributed by atoms with Crippen molar-refractivity contribution in [1.82, 2.24) is 39.8 Å². The van der Waals surface area contributed by atoms with E-state index in [4.69, 9.17) is 10.5 Å². The predicted molar refractivity (Wildman–Crippen MR) is 264 cm³/mol. The summed E-state index contributed by atoms with van der Waals surface area (Å²) in [6, 6.07) is 15.4. The van der Waals surface area contributed by atoms with Gasteiger partial charge in [-0.1, -0.05) is 30.3 Å². The number of ether oxygens (including phenoxy) is 1. The summed E-state index contributed by atoms with van der Waals surface area (Å²) in [5, 5.41) is 9.52. The number of carbonyl (C=O) groups excluding carboxylic acids is 6. The smallest absolute Gasteiger partial charge is 0.361 e. The lowest BCUT2D eigenvalue weighted by Gasteiger charge is -2.39. The summed E-state index contributed by atoms with van der Waals surface area (Å²) in [5.74, 6) is -4.13. The molecule has 0 radical (unpaired) electrons. The summed E-state index contributed by atoms with van der Waals surface area (Å²) in [7, 11) is 0. The molecule has 4 fully saturated rings. The predicted octanol–water partition coefficient (Wildman–Crippen LogP) is 5.79. The molecule has 4 saturated heterocycles. The van der Waals surface area contributed by atoms with Crippen molar-refractivity contribution < 1.29 is 42.3 Å². The average molecular weight is 998 g/mol. The van der Waals surface area contributed by atoms with Crippen LogP contribution >= 0.6 is 0 Å². The Bertz CT molecular complexity index is 2900. The maximum atomic E-state index is 15.5. The summed E-state index contributed by atoms with van der Waals surface area (Å²) >= 11 is 0. The van der Waals surface area contributed by atoms with Crippen molar-refractivity contribution in [2.24, 2.45) is 11.8 Å². The molecule has 20 heteroatoms. The molecule has 73 heavy (non-hydrogen) atoms. The third-order valence-corrected chi connectivity index (χ3v) is 15.0. The molecule has 5 aromatic rings. The summed E-state index contributed by atoms with van der Waals surface area (Å²) in [6.45, 7) is 7.33. The van der Waals surface area contributed by atoms with E-state index in [1.165, 1.54) is 36.5 Å². The molecule has 2 aromatic heterocycles. The third kappa shape index (κ3) is 10.9. The molecule has 2 atom stereocenters. The fourth-order valence-corrected chi connectivity index (χ4v) is 10.8. The van der Waals surface area contributed by atoms with Gasteiger partial charge in [-0.2, -0.15) is 5.10 Å². The van der Waals surface area contributed by atoms with Crippen molar-refractivity contribution in [3.63, 3.8) is 0 Å². The molecule has 1 unspecified atom stereocenters. The Morgan fingerprint density at radius 1 is 0.808 bits per heavy atom. The molecule has 0 bridgehead atoms. The first-order valence-electron chi connectivity index (χ1n) is 25.1. The van der Waals surface area contributed by atoms with Crippen molar-refractivity contribution >= 4 is 52.7 Å². The number of imide groups is 2. The number of benzene rings is 3. The monoisotopic (exact) mass is 997 g/mol. The van der Waals surface area contributed by atoms with Gasteiger partial charge in [0, 0.05) is 62.2 Å². The van der Waals surface area contributed by atoms with Crippen LogP contribution in [0.15, 0.2) is 85.3 Å². The van der Waals surface area contributed by atoms with E-state index in [9.17, 15) is 33.2 Å². The molecule has 0 saturated carbocycles. The van der Waals surface area contributed by atoms with Gasteiger partial charge in [-0.3, -0.25) is 38.9 Å². The van der Waals surface area contributed by atoms with Crippen LogP contribution in [-0.4, -0.2) is 128 Å². The lowest BCUT2D eigenvalue weighted by Crippen LogP contribution is -2.54. The number of amides is 5. The zero-order chi connectivity index (χ0) is 50.8. The molecule has 0 aliphatic carbocycles. The number of nitrogen functional groups attached to an aromatic ring is 1. The van der Waals surface area contributed by atoms with Crippen LogP contribution < -0.4 is 21.3 Å². The molecule has 4 N–H and O–H groups in total. The fourth-order valence-electron chi connectivity index (χ4n) is 10.8. The van der Waals surface area contributed by atoms with Gasteiger partial charge in [-0.25, -0.2) is 23.5 Å². The highest BCUT2D eigenvalue weighted by molar-refractivity contribution is 6.23. The number of rotatable bonds is 14. The molecular formula is C53H57F2N11O7. The maximum absolute atomic E-state index is 15.5. The highest BCUT2D eigenvalue weighted by Crippen LogP contribution is 2.35. The topological polar surface area (TPSA) is 218 Å². The number of esters is 1. The van der Waals surface area contributed by atoms with Gasteiger partial charge in [0.25, 0.3) is 17.7 Å². The number of anilines is 3. The normalized spacial score (nSPS) is 20.0. The van der Waals surface area contributed by atoms with Crippen molar-refractivity contribution in [2.75, 3.05) is 68.3 Å². The van der Waals surface area contributed by atoms with E-state index in [-0.39, 0.29) is 47.2 Å². The van der Waals surface area contributed by atoms with Gasteiger partial charge in [0.15, 0.2) is 11.5 Å². The van der Waals surface area contributed by atoms with Gasteiger partial charge in [0.1, 0.15) is 17.7 Å². The minimum Gasteiger partial charge on any atom is -0.442 e. The van der Waals surface area contributed by atoms with Gasteiger partial charge in [0.2, 0.25) is 17.9 Å². The Morgan fingerprint density at radius 3 is 2.21 bits per heavy atom. The largest absolute Gasteiger partial charge is 0.442 e. The summed E-state index contributed by atoms with van der Waals surface area (Å²) < 4.78 is 36.7. The van der Waals surface area contributed by atoms with Crippen molar-refractivity contribution in [1.29, 1.82) is 0 Å². The van der Waals surface area contributed by atoms with Crippen LogP contribution in [0.25, 0.3) is 11.3 Å². The summed E-state index contributed by atoms with van der Waals surface area (Å²) in [6.07, 6.45) is 10.9. The Morgan fingerprint density at radius 2 is 1.49 bits per heavy atom. The van der Waals surface area contributed by atoms with Gasteiger partial charge in [-0.05, 0) is 119 Å². The highest BCUT2D eigenvalue weighted by Gasteiger charge is 2.45. The van der Waals surface area contributed by atoms with Crippen LogP contribution in [-0.2, 0) is 19.1 Å². The second kappa shape index (κ2) is 21.3.